The highest BCUT2D eigenvalue weighted by Gasteiger charge is 2.38. The summed E-state index contributed by atoms with van der Waals surface area (Å²) in [5, 5.41) is 19.8. The number of carbonyl (C=O) groups is 2. The average molecular weight is 277 g/mol. The van der Waals surface area contributed by atoms with Crippen molar-refractivity contribution in [2.75, 3.05) is 6.54 Å². The number of aromatic carboxylic acids is 1. The van der Waals surface area contributed by atoms with E-state index in [1.54, 1.807) is 5.32 Å². The number of amides is 1. The van der Waals surface area contributed by atoms with Gasteiger partial charge in [0, 0.05) is 6.54 Å². The van der Waals surface area contributed by atoms with Gasteiger partial charge in [-0.25, -0.2) is 4.79 Å². The number of phenolic OH excluding ortho intramolecular Hbond substituents is 1. The monoisotopic (exact) mass is 277 g/mol. The standard InChI is InChI=1S/C11H10F3NO4/c12-11(13,14)10(19)15-4-3-6-1-2-7(9(17)18)5-8(6)16/h1-2,5,16H,3-4H2,(H,15,19)(H,17,18). The van der Waals surface area contributed by atoms with Gasteiger partial charge in [0.1, 0.15) is 5.75 Å². The summed E-state index contributed by atoms with van der Waals surface area (Å²) in [6, 6.07) is 3.48. The summed E-state index contributed by atoms with van der Waals surface area (Å²) in [6.45, 7) is -0.321. The third kappa shape index (κ3) is 4.16. The molecule has 5 nitrogen and oxygen atoms in total. The van der Waals surface area contributed by atoms with Crippen LogP contribution in [0.2, 0.25) is 0 Å². The minimum Gasteiger partial charge on any atom is -0.508 e. The van der Waals surface area contributed by atoms with E-state index in [2.05, 4.69) is 0 Å². The lowest BCUT2D eigenvalue weighted by atomic mass is 10.1. The number of carboxylic acids is 1. The number of hydrogen-bond acceptors (Lipinski definition) is 3. The molecule has 1 aromatic rings. The largest absolute Gasteiger partial charge is 0.508 e. The van der Waals surface area contributed by atoms with Crippen LogP contribution in [0.5, 0.6) is 5.75 Å². The fourth-order valence-electron chi connectivity index (χ4n) is 1.32. The summed E-state index contributed by atoms with van der Waals surface area (Å²) in [4.78, 5) is 21.1. The topological polar surface area (TPSA) is 86.6 Å². The molecular formula is C11H10F3NO4. The van der Waals surface area contributed by atoms with Crippen molar-refractivity contribution in [3.63, 3.8) is 0 Å². The van der Waals surface area contributed by atoms with Gasteiger partial charge >= 0.3 is 18.1 Å². The molecule has 0 atom stereocenters. The van der Waals surface area contributed by atoms with E-state index in [4.69, 9.17) is 5.11 Å². The molecule has 0 aliphatic carbocycles. The molecule has 0 saturated carbocycles. The second-order valence-electron chi connectivity index (χ2n) is 3.65. The Morgan fingerprint density at radius 2 is 1.89 bits per heavy atom. The van der Waals surface area contributed by atoms with Gasteiger partial charge in [0.15, 0.2) is 0 Å². The predicted molar refractivity (Wildman–Crippen MR) is 57.8 cm³/mol. The zero-order valence-electron chi connectivity index (χ0n) is 9.49. The molecule has 0 heterocycles. The SMILES string of the molecule is O=C(O)c1ccc(CCNC(=O)C(F)(F)F)c(O)c1. The van der Waals surface area contributed by atoms with E-state index >= 15 is 0 Å². The second kappa shape index (κ2) is 5.59. The van der Waals surface area contributed by atoms with Crippen LogP contribution >= 0.6 is 0 Å². The third-order valence-corrected chi connectivity index (χ3v) is 2.27. The molecule has 0 fully saturated rings. The number of rotatable bonds is 4. The number of hydrogen-bond donors (Lipinski definition) is 3. The van der Waals surface area contributed by atoms with E-state index < -0.39 is 18.1 Å². The van der Waals surface area contributed by atoms with E-state index in [9.17, 15) is 27.9 Å². The normalized spacial score (nSPS) is 11.1. The zero-order chi connectivity index (χ0) is 14.6. The minimum atomic E-state index is -4.95. The highest BCUT2D eigenvalue weighted by molar-refractivity contribution is 5.88. The molecule has 0 aromatic heterocycles. The predicted octanol–water partition coefficient (Wildman–Crippen LogP) is 1.31. The lowest BCUT2D eigenvalue weighted by Crippen LogP contribution is -2.37. The van der Waals surface area contributed by atoms with Crippen molar-refractivity contribution in [3.05, 3.63) is 29.3 Å². The molecule has 0 bridgehead atoms. The van der Waals surface area contributed by atoms with Crippen molar-refractivity contribution in [1.82, 2.24) is 5.32 Å². The summed E-state index contributed by atoms with van der Waals surface area (Å²) in [5.41, 5.74) is 0.105. The van der Waals surface area contributed by atoms with Crippen LogP contribution in [-0.2, 0) is 11.2 Å². The highest BCUT2D eigenvalue weighted by atomic mass is 19.4. The maximum Gasteiger partial charge on any atom is 0.471 e. The number of aromatic hydroxyl groups is 1. The molecule has 0 aliphatic rings. The van der Waals surface area contributed by atoms with Gasteiger partial charge in [-0.1, -0.05) is 6.07 Å². The Labute approximate surface area is 105 Å². The van der Waals surface area contributed by atoms with Crippen molar-refractivity contribution in [2.45, 2.75) is 12.6 Å². The fourth-order valence-corrected chi connectivity index (χ4v) is 1.32. The first-order chi connectivity index (χ1) is 8.71. The minimum absolute atomic E-state index is 0.0481. The summed E-state index contributed by atoms with van der Waals surface area (Å²) >= 11 is 0. The van der Waals surface area contributed by atoms with Crippen molar-refractivity contribution in [2.24, 2.45) is 0 Å². The Bertz CT molecular complexity index is 499. The molecule has 104 valence electrons. The molecule has 8 heteroatoms. The Balaban J connectivity index is 2.60. The molecule has 0 aliphatic heterocycles. The van der Waals surface area contributed by atoms with Crippen LogP contribution in [0.15, 0.2) is 18.2 Å². The number of benzene rings is 1. The Hall–Kier alpha value is -2.25. The molecule has 1 amide bonds. The Kier molecular flexibility index (Phi) is 4.36. The lowest BCUT2D eigenvalue weighted by Gasteiger charge is -2.09. The molecule has 1 aromatic carbocycles. The van der Waals surface area contributed by atoms with Crippen LogP contribution in [0.3, 0.4) is 0 Å². The average Bonchev–Trinajstić information content (AvgIpc) is 2.29. The van der Waals surface area contributed by atoms with Crippen LogP contribution in [0, 0.1) is 0 Å². The van der Waals surface area contributed by atoms with Crippen molar-refractivity contribution in [1.29, 1.82) is 0 Å². The van der Waals surface area contributed by atoms with Crippen molar-refractivity contribution >= 4 is 11.9 Å². The maximum absolute atomic E-state index is 11.9. The molecule has 3 N–H and O–H groups in total. The summed E-state index contributed by atoms with van der Waals surface area (Å²) < 4.78 is 35.6. The lowest BCUT2D eigenvalue weighted by molar-refractivity contribution is -0.173. The van der Waals surface area contributed by atoms with Gasteiger partial charge in [-0.3, -0.25) is 4.79 Å². The number of halogens is 3. The van der Waals surface area contributed by atoms with Crippen LogP contribution in [0.25, 0.3) is 0 Å². The highest BCUT2D eigenvalue weighted by Crippen LogP contribution is 2.19. The third-order valence-electron chi connectivity index (χ3n) is 2.27. The molecule has 0 spiro atoms. The first kappa shape index (κ1) is 14.8. The Morgan fingerprint density at radius 1 is 1.26 bits per heavy atom. The number of carboxylic acid groups (broad SMARTS) is 1. The van der Waals surface area contributed by atoms with Crippen LogP contribution in [-0.4, -0.2) is 34.8 Å². The van der Waals surface area contributed by atoms with Crippen molar-refractivity contribution < 1.29 is 33.0 Å². The maximum atomic E-state index is 11.9. The molecule has 0 saturated heterocycles. The van der Waals surface area contributed by atoms with Crippen LogP contribution < -0.4 is 5.32 Å². The Morgan fingerprint density at radius 3 is 2.37 bits per heavy atom. The number of carbonyl (C=O) groups excluding carboxylic acids is 1. The molecule has 0 radical (unpaired) electrons. The fraction of sp³-hybridized carbons (Fsp3) is 0.273. The number of alkyl halides is 3. The summed E-state index contributed by atoms with van der Waals surface area (Å²) in [5.74, 6) is -3.64. The molecular weight excluding hydrogens is 267 g/mol. The molecule has 1 rings (SSSR count). The van der Waals surface area contributed by atoms with Gasteiger partial charge in [-0.05, 0) is 24.1 Å². The summed E-state index contributed by atoms with van der Waals surface area (Å²) in [6.07, 6.45) is -5.00. The van der Waals surface area contributed by atoms with E-state index in [1.807, 2.05) is 0 Å². The van der Waals surface area contributed by atoms with Gasteiger partial charge in [-0.15, -0.1) is 0 Å². The van der Waals surface area contributed by atoms with E-state index in [0.29, 0.717) is 0 Å². The van der Waals surface area contributed by atoms with Crippen molar-refractivity contribution in [3.8, 4) is 5.75 Å². The first-order valence-corrected chi connectivity index (χ1v) is 5.12. The smallest absolute Gasteiger partial charge is 0.471 e. The van der Waals surface area contributed by atoms with Gasteiger partial charge in [0.05, 0.1) is 5.56 Å². The molecule has 19 heavy (non-hydrogen) atoms. The van der Waals surface area contributed by atoms with Gasteiger partial charge in [0.25, 0.3) is 0 Å². The van der Waals surface area contributed by atoms with Crippen LogP contribution in [0.4, 0.5) is 13.2 Å². The second-order valence-corrected chi connectivity index (χ2v) is 3.65. The first-order valence-electron chi connectivity index (χ1n) is 5.12. The quantitative estimate of drug-likeness (QED) is 0.774. The zero-order valence-corrected chi connectivity index (χ0v) is 9.49. The van der Waals surface area contributed by atoms with Gasteiger partial charge in [-0.2, -0.15) is 13.2 Å². The number of phenols is 1. The number of nitrogens with one attached hydrogen (secondary N) is 1. The van der Waals surface area contributed by atoms with E-state index in [-0.39, 0.29) is 29.8 Å². The van der Waals surface area contributed by atoms with E-state index in [1.165, 1.54) is 12.1 Å². The van der Waals surface area contributed by atoms with Crippen LogP contribution in [0.1, 0.15) is 15.9 Å². The molecule has 0 unspecified atom stereocenters. The van der Waals surface area contributed by atoms with E-state index in [0.717, 1.165) is 6.07 Å². The summed E-state index contributed by atoms with van der Waals surface area (Å²) in [7, 11) is 0. The van der Waals surface area contributed by atoms with Gasteiger partial charge in [0.2, 0.25) is 0 Å². The van der Waals surface area contributed by atoms with Gasteiger partial charge < -0.3 is 15.5 Å².